The average Bonchev–Trinajstić information content (AvgIpc) is 3.31. The first-order valence-corrected chi connectivity index (χ1v) is 10.5. The van der Waals surface area contributed by atoms with Crippen LogP contribution in [0.25, 0.3) is 5.76 Å². The summed E-state index contributed by atoms with van der Waals surface area (Å²) in [6, 6.07) is 9.64. The minimum absolute atomic E-state index is 0.105. The molecule has 1 aromatic heterocycles. The minimum atomic E-state index is -1.07. The molecule has 0 aliphatic carbocycles. The fourth-order valence-electron chi connectivity index (χ4n) is 3.52. The van der Waals surface area contributed by atoms with Gasteiger partial charge in [0, 0.05) is 16.7 Å². The van der Waals surface area contributed by atoms with Gasteiger partial charge in [0.25, 0.3) is 5.78 Å². The highest BCUT2D eigenvalue weighted by Crippen LogP contribution is 2.45. The molecule has 1 fully saturated rings. The zero-order valence-corrected chi connectivity index (χ0v) is 19.1. The van der Waals surface area contributed by atoms with Crippen LogP contribution in [-0.2, 0) is 9.59 Å². The smallest absolute Gasteiger partial charge is 0.301 e. The van der Waals surface area contributed by atoms with Gasteiger partial charge in [0.15, 0.2) is 17.3 Å². The van der Waals surface area contributed by atoms with Gasteiger partial charge in [-0.2, -0.15) is 0 Å². The second kappa shape index (κ2) is 8.33. The highest BCUT2D eigenvalue weighted by atomic mass is 79.9. The molecule has 10 heteroatoms. The number of aromatic nitrogens is 1. The van der Waals surface area contributed by atoms with Crippen molar-refractivity contribution in [3.63, 3.8) is 0 Å². The Labute approximate surface area is 195 Å². The van der Waals surface area contributed by atoms with Gasteiger partial charge in [-0.25, -0.2) is 0 Å². The molecule has 1 aliphatic rings. The number of aliphatic hydroxyl groups is 1. The van der Waals surface area contributed by atoms with Crippen LogP contribution in [0.3, 0.4) is 0 Å². The number of amides is 1. The number of ether oxygens (including phenoxy) is 1. The Morgan fingerprint density at radius 2 is 1.91 bits per heavy atom. The van der Waals surface area contributed by atoms with Crippen LogP contribution in [0.5, 0.6) is 11.5 Å². The van der Waals surface area contributed by atoms with Crippen molar-refractivity contribution >= 4 is 50.8 Å². The number of ketones is 1. The minimum Gasteiger partial charge on any atom is -0.507 e. The van der Waals surface area contributed by atoms with Gasteiger partial charge in [-0.15, -0.1) is 0 Å². The number of halogens is 2. The number of nitrogens with zero attached hydrogens (tertiary/aromatic N) is 2. The number of benzene rings is 2. The monoisotopic (exact) mass is 518 g/mol. The molecule has 0 saturated carbocycles. The van der Waals surface area contributed by atoms with Crippen molar-refractivity contribution in [2.45, 2.75) is 13.0 Å². The van der Waals surface area contributed by atoms with E-state index in [1.54, 1.807) is 19.1 Å². The zero-order chi connectivity index (χ0) is 23.2. The van der Waals surface area contributed by atoms with E-state index in [9.17, 15) is 19.8 Å². The molecule has 1 amide bonds. The van der Waals surface area contributed by atoms with E-state index in [-0.39, 0.29) is 33.1 Å². The van der Waals surface area contributed by atoms with E-state index in [0.717, 1.165) is 4.90 Å². The van der Waals surface area contributed by atoms with Gasteiger partial charge < -0.3 is 19.5 Å². The Morgan fingerprint density at radius 3 is 2.50 bits per heavy atom. The third-order valence-electron chi connectivity index (χ3n) is 5.01. The summed E-state index contributed by atoms with van der Waals surface area (Å²) < 4.78 is 10.6. The summed E-state index contributed by atoms with van der Waals surface area (Å²) in [5.74, 6) is -1.66. The number of carbonyl (C=O) groups excluding carboxylic acids is 2. The lowest BCUT2D eigenvalue weighted by Gasteiger charge is -2.23. The maximum Gasteiger partial charge on any atom is 0.301 e. The fourth-order valence-corrected chi connectivity index (χ4v) is 4.11. The van der Waals surface area contributed by atoms with E-state index in [1.165, 1.54) is 37.4 Å². The van der Waals surface area contributed by atoms with Crippen molar-refractivity contribution in [3.8, 4) is 11.5 Å². The van der Waals surface area contributed by atoms with Gasteiger partial charge in [0.05, 0.1) is 23.2 Å². The number of rotatable bonds is 4. The molecule has 164 valence electrons. The van der Waals surface area contributed by atoms with Crippen molar-refractivity contribution in [1.29, 1.82) is 0 Å². The van der Waals surface area contributed by atoms with E-state index >= 15 is 0 Å². The molecule has 0 radical (unpaired) electrons. The highest BCUT2D eigenvalue weighted by molar-refractivity contribution is 9.10. The lowest BCUT2D eigenvalue weighted by molar-refractivity contribution is -0.132. The van der Waals surface area contributed by atoms with Crippen LogP contribution in [0.1, 0.15) is 22.9 Å². The molecule has 32 heavy (non-hydrogen) atoms. The largest absolute Gasteiger partial charge is 0.507 e. The molecule has 4 rings (SSSR count). The fraction of sp³-hybridized carbons (Fsp3) is 0.136. The molecule has 2 heterocycles. The Balaban J connectivity index is 1.99. The molecule has 0 bridgehead atoms. The second-order valence-electron chi connectivity index (χ2n) is 7.03. The van der Waals surface area contributed by atoms with Crippen LogP contribution in [0, 0.1) is 6.92 Å². The first-order chi connectivity index (χ1) is 15.2. The number of aliphatic hydroxyl groups excluding tert-OH is 1. The van der Waals surface area contributed by atoms with E-state index < -0.39 is 17.7 Å². The first kappa shape index (κ1) is 21.9. The summed E-state index contributed by atoms with van der Waals surface area (Å²) in [6.07, 6.45) is 0. The normalized spacial score (nSPS) is 17.8. The number of carbonyl (C=O) groups is 2. The van der Waals surface area contributed by atoms with Crippen LogP contribution < -0.4 is 9.64 Å². The highest BCUT2D eigenvalue weighted by Gasteiger charge is 2.48. The summed E-state index contributed by atoms with van der Waals surface area (Å²) in [7, 11) is 1.37. The average molecular weight is 520 g/mol. The van der Waals surface area contributed by atoms with Crippen molar-refractivity contribution in [3.05, 3.63) is 74.4 Å². The standard InChI is InChI=1S/C22H16BrClN2O6/c1-10-7-16(25-32-10)26-18(12-8-14(23)20(28)15(9-12)31-2)17(21(29)22(26)30)19(27)11-3-5-13(24)6-4-11/h3-9,18,27-28H,1-2H3. The summed E-state index contributed by atoms with van der Waals surface area (Å²) >= 11 is 9.19. The van der Waals surface area contributed by atoms with Crippen molar-refractivity contribution < 1.29 is 29.1 Å². The number of phenolic OH excluding ortho intramolecular Hbond substituents is 1. The number of anilines is 1. The number of methoxy groups -OCH3 is 1. The molecular formula is C22H16BrClN2O6. The number of phenols is 1. The molecule has 1 unspecified atom stereocenters. The summed E-state index contributed by atoms with van der Waals surface area (Å²) in [5.41, 5.74) is 0.540. The van der Waals surface area contributed by atoms with Gasteiger partial charge in [-0.05, 0) is 64.8 Å². The van der Waals surface area contributed by atoms with Gasteiger partial charge in [0.2, 0.25) is 0 Å². The maximum atomic E-state index is 13.1. The number of hydrogen-bond acceptors (Lipinski definition) is 7. The summed E-state index contributed by atoms with van der Waals surface area (Å²) in [4.78, 5) is 27.3. The van der Waals surface area contributed by atoms with Gasteiger partial charge in [0.1, 0.15) is 11.5 Å². The van der Waals surface area contributed by atoms with Gasteiger partial charge >= 0.3 is 5.91 Å². The predicted molar refractivity (Wildman–Crippen MR) is 120 cm³/mol. The predicted octanol–water partition coefficient (Wildman–Crippen LogP) is 4.74. The Morgan fingerprint density at radius 1 is 1.22 bits per heavy atom. The van der Waals surface area contributed by atoms with Crippen LogP contribution >= 0.6 is 27.5 Å². The first-order valence-electron chi connectivity index (χ1n) is 9.29. The molecule has 2 N–H and O–H groups in total. The van der Waals surface area contributed by atoms with Crippen LogP contribution in [0.15, 0.2) is 57.0 Å². The topological polar surface area (TPSA) is 113 Å². The second-order valence-corrected chi connectivity index (χ2v) is 8.32. The molecular weight excluding hydrogens is 504 g/mol. The molecule has 0 spiro atoms. The maximum absolute atomic E-state index is 13.1. The SMILES string of the molecule is COc1cc(C2C(=C(O)c3ccc(Cl)cc3)C(=O)C(=O)N2c2cc(C)on2)cc(Br)c1O. The molecule has 8 nitrogen and oxygen atoms in total. The van der Waals surface area contributed by atoms with Gasteiger partial charge in [-0.1, -0.05) is 16.8 Å². The molecule has 1 atom stereocenters. The van der Waals surface area contributed by atoms with E-state index in [2.05, 4.69) is 21.1 Å². The number of aryl methyl sites for hydroxylation is 1. The van der Waals surface area contributed by atoms with Gasteiger partial charge in [-0.3, -0.25) is 14.5 Å². The van der Waals surface area contributed by atoms with Crippen LogP contribution in [-0.4, -0.2) is 34.2 Å². The van der Waals surface area contributed by atoms with E-state index in [4.69, 9.17) is 20.9 Å². The van der Waals surface area contributed by atoms with Crippen LogP contribution in [0.4, 0.5) is 5.82 Å². The quantitative estimate of drug-likeness (QED) is 0.291. The Hall–Kier alpha value is -3.30. The number of hydrogen-bond donors (Lipinski definition) is 2. The number of Topliss-reactive ketones (excluding diaryl/α,β-unsaturated/α-hetero) is 1. The van der Waals surface area contributed by atoms with E-state index in [0.29, 0.717) is 21.9 Å². The molecule has 1 aliphatic heterocycles. The van der Waals surface area contributed by atoms with E-state index in [1.807, 2.05) is 0 Å². The van der Waals surface area contributed by atoms with Crippen LogP contribution in [0.2, 0.25) is 5.02 Å². The summed E-state index contributed by atoms with van der Waals surface area (Å²) in [6.45, 7) is 1.65. The Bertz CT molecular complexity index is 1270. The molecule has 1 saturated heterocycles. The third kappa shape index (κ3) is 3.63. The van der Waals surface area contributed by atoms with Crippen molar-refractivity contribution in [2.75, 3.05) is 12.0 Å². The third-order valence-corrected chi connectivity index (χ3v) is 5.87. The molecule has 3 aromatic rings. The lowest BCUT2D eigenvalue weighted by Crippen LogP contribution is -2.29. The Kier molecular flexibility index (Phi) is 5.70. The summed E-state index contributed by atoms with van der Waals surface area (Å²) in [5, 5.41) is 25.6. The lowest BCUT2D eigenvalue weighted by atomic mass is 9.95. The zero-order valence-electron chi connectivity index (χ0n) is 16.8. The van der Waals surface area contributed by atoms with Crippen molar-refractivity contribution in [1.82, 2.24) is 5.16 Å². The number of aromatic hydroxyl groups is 1. The molecule has 2 aromatic carbocycles. The van der Waals surface area contributed by atoms with Crippen molar-refractivity contribution in [2.24, 2.45) is 0 Å².